The van der Waals surface area contributed by atoms with E-state index >= 15 is 0 Å². The molecule has 0 aliphatic carbocycles. The van der Waals surface area contributed by atoms with E-state index in [9.17, 15) is 0 Å². The Balaban J connectivity index is 0. The molecule has 0 atom stereocenters. The molecule has 4 aromatic rings. The Labute approximate surface area is 173 Å². The van der Waals surface area contributed by atoms with Crippen LogP contribution in [0.4, 0.5) is 0 Å². The molecule has 0 aliphatic rings. The third-order valence-corrected chi connectivity index (χ3v) is 3.52. The molecule has 0 unspecified atom stereocenters. The van der Waals surface area contributed by atoms with Gasteiger partial charge in [-0.05, 0) is 0 Å². The maximum atomic E-state index is 3.25. The minimum Gasteiger partial charge on any atom is -0.358 e. The van der Waals surface area contributed by atoms with E-state index in [-0.39, 0.29) is 41.1 Å². The van der Waals surface area contributed by atoms with Crippen molar-refractivity contribution in [2.45, 2.75) is 20.8 Å². The van der Waals surface area contributed by atoms with E-state index in [2.05, 4.69) is 93.6 Å². The van der Waals surface area contributed by atoms with E-state index in [0.717, 1.165) is 0 Å². The van der Waals surface area contributed by atoms with Crippen LogP contribution in [-0.4, -0.2) is 0 Å². The van der Waals surface area contributed by atoms with Gasteiger partial charge in [0.05, 0.1) is 0 Å². The van der Waals surface area contributed by atoms with Crippen molar-refractivity contribution in [3.05, 3.63) is 106 Å². The van der Waals surface area contributed by atoms with Crippen LogP contribution in [-0.2, 0) is 26.2 Å². The molecule has 0 aromatic heterocycles. The van der Waals surface area contributed by atoms with E-state index in [0.29, 0.717) is 0 Å². The quantitative estimate of drug-likeness (QED) is 0.265. The molecule has 0 fully saturated rings. The van der Waals surface area contributed by atoms with Gasteiger partial charge in [-0.3, -0.25) is 0 Å². The fourth-order valence-electron chi connectivity index (χ4n) is 2.61. The van der Waals surface area contributed by atoms with Crippen LogP contribution in [0.15, 0.2) is 72.8 Å². The van der Waals surface area contributed by atoms with Gasteiger partial charge in [-0.15, -0.1) is 81.2 Å². The predicted molar refractivity (Wildman–Crippen MR) is 112 cm³/mol. The van der Waals surface area contributed by atoms with Gasteiger partial charge in [0.15, 0.2) is 0 Å². The van der Waals surface area contributed by atoms with Crippen LogP contribution < -0.4 is 0 Å². The van der Waals surface area contributed by atoms with Crippen molar-refractivity contribution >= 4 is 21.5 Å². The van der Waals surface area contributed by atoms with Crippen LogP contribution in [0.2, 0.25) is 0 Å². The van der Waals surface area contributed by atoms with Gasteiger partial charge >= 0.3 is 0 Å². The molecule has 0 bridgehead atoms. The Kier molecular flexibility index (Phi) is 13.2. The summed E-state index contributed by atoms with van der Waals surface area (Å²) in [6, 6.07) is 25.7. The summed E-state index contributed by atoms with van der Waals surface area (Å²) in [4.78, 5) is 0. The number of hydrogen-bond acceptors (Lipinski definition) is 0. The van der Waals surface area contributed by atoms with Crippen molar-refractivity contribution in [1.82, 2.24) is 0 Å². The normalized spacial score (nSPS) is 8.64. The second-order valence-corrected chi connectivity index (χ2v) is 5.32. The van der Waals surface area contributed by atoms with Crippen LogP contribution >= 0.6 is 0 Å². The van der Waals surface area contributed by atoms with Crippen LogP contribution in [0.1, 0.15) is 18.1 Å². The van der Waals surface area contributed by atoms with Gasteiger partial charge in [-0.25, -0.2) is 0 Å². The van der Waals surface area contributed by atoms with Gasteiger partial charge in [0.1, 0.15) is 0 Å². The summed E-state index contributed by atoms with van der Waals surface area (Å²) in [6.07, 6.45) is 0. The summed E-state index contributed by atoms with van der Waals surface area (Å²) in [5.41, 5.74) is 2.70. The summed E-state index contributed by atoms with van der Waals surface area (Å²) in [5.74, 6) is 0. The Morgan fingerprint density at radius 2 is 0.960 bits per heavy atom. The van der Waals surface area contributed by atoms with Crippen molar-refractivity contribution in [2.75, 3.05) is 0 Å². The molecule has 4 rings (SSSR count). The molecule has 134 valence electrons. The third-order valence-electron chi connectivity index (χ3n) is 3.52. The maximum Gasteiger partial charge on any atom is 0 e. The third kappa shape index (κ3) is 7.12. The SMILES string of the molecule is Cc1cc2ccccc2[cH-]1.Cc1cc2ccccc2[cH-]1.[CH2-]C.[CH3-].[CH3-].[Zr]. The zero-order valence-corrected chi connectivity index (χ0v) is 18.6. The van der Waals surface area contributed by atoms with Crippen molar-refractivity contribution in [1.29, 1.82) is 0 Å². The number of benzene rings is 2. The summed E-state index contributed by atoms with van der Waals surface area (Å²) < 4.78 is 0. The fourth-order valence-corrected chi connectivity index (χ4v) is 2.61. The first-order valence-electron chi connectivity index (χ1n) is 7.67. The molecule has 25 heavy (non-hydrogen) atoms. The van der Waals surface area contributed by atoms with Crippen molar-refractivity contribution in [3.8, 4) is 0 Å². The second-order valence-electron chi connectivity index (χ2n) is 5.32. The van der Waals surface area contributed by atoms with Crippen molar-refractivity contribution < 1.29 is 26.2 Å². The Bertz CT molecular complexity index is 695. The van der Waals surface area contributed by atoms with Gasteiger partial charge in [0.2, 0.25) is 0 Å². The topological polar surface area (TPSA) is 0 Å². The molecule has 0 heterocycles. The zero-order valence-electron chi connectivity index (χ0n) is 16.1. The molecule has 1 heteroatoms. The molecular weight excluding hydrogens is 379 g/mol. The first kappa shape index (κ1) is 25.8. The standard InChI is InChI=1S/2C10H9.C2H5.2CH3.Zr/c2*1-8-6-9-4-2-3-5-10(9)7-8;1-2;;;/h2*2-7H,1H3;1H2,2H3;2*1H3;/q5*-1;. The van der Waals surface area contributed by atoms with Crippen LogP contribution in [0.25, 0.3) is 21.5 Å². The summed E-state index contributed by atoms with van der Waals surface area (Å²) >= 11 is 0. The van der Waals surface area contributed by atoms with Gasteiger partial charge in [0, 0.05) is 26.2 Å². The van der Waals surface area contributed by atoms with E-state index in [1.165, 1.54) is 32.7 Å². The number of hydrogen-bond donors (Lipinski definition) is 0. The first-order valence-corrected chi connectivity index (χ1v) is 7.67. The van der Waals surface area contributed by atoms with Crippen molar-refractivity contribution in [2.24, 2.45) is 0 Å². The van der Waals surface area contributed by atoms with Crippen molar-refractivity contribution in [3.63, 3.8) is 0 Å². The summed E-state index contributed by atoms with van der Waals surface area (Å²) in [6.45, 7) is 9.25. The van der Waals surface area contributed by atoms with Gasteiger partial charge in [-0.1, -0.05) is 26.0 Å². The van der Waals surface area contributed by atoms with Gasteiger partial charge < -0.3 is 21.8 Å². The number of rotatable bonds is 0. The Morgan fingerprint density at radius 1 is 0.640 bits per heavy atom. The van der Waals surface area contributed by atoms with Gasteiger partial charge in [-0.2, -0.15) is 19.1 Å². The van der Waals surface area contributed by atoms with E-state index in [1.54, 1.807) is 6.92 Å². The zero-order chi connectivity index (χ0) is 15.9. The van der Waals surface area contributed by atoms with E-state index in [4.69, 9.17) is 0 Å². The smallest absolute Gasteiger partial charge is 0 e. The largest absolute Gasteiger partial charge is 0.358 e. The van der Waals surface area contributed by atoms with Crippen LogP contribution in [0, 0.1) is 35.6 Å². The monoisotopic (exact) mass is 407 g/mol. The molecule has 0 nitrogen and oxygen atoms in total. The van der Waals surface area contributed by atoms with Gasteiger partial charge in [0.25, 0.3) is 0 Å². The molecule has 0 spiro atoms. The molecule has 0 saturated heterocycles. The number of fused-ring (bicyclic) bond motifs is 2. The van der Waals surface area contributed by atoms with E-state index in [1.807, 2.05) is 0 Å². The molecule has 0 amide bonds. The van der Waals surface area contributed by atoms with Crippen LogP contribution in [0.3, 0.4) is 0 Å². The minimum atomic E-state index is 0. The molecule has 0 N–H and O–H groups in total. The fraction of sp³-hybridized carbons (Fsp3) is 0.125. The minimum absolute atomic E-state index is 0. The summed E-state index contributed by atoms with van der Waals surface area (Å²) in [7, 11) is 0. The summed E-state index contributed by atoms with van der Waals surface area (Å²) in [5, 5.41) is 5.39. The predicted octanol–water partition coefficient (Wildman–Crippen LogP) is 7.47. The molecular formula is C24H29Zr-5. The van der Waals surface area contributed by atoms with Crippen LogP contribution in [0.5, 0.6) is 0 Å². The molecule has 0 aliphatic heterocycles. The second kappa shape index (κ2) is 12.8. The molecule has 4 aromatic carbocycles. The Hall–Kier alpha value is -1.46. The van der Waals surface area contributed by atoms with E-state index < -0.39 is 0 Å². The number of aryl methyl sites for hydroxylation is 2. The molecule has 0 saturated carbocycles. The molecule has 0 radical (unpaired) electrons. The Morgan fingerprint density at radius 3 is 1.28 bits per heavy atom. The maximum absolute atomic E-state index is 3.25. The average molecular weight is 409 g/mol. The first-order chi connectivity index (χ1) is 10.7. The average Bonchev–Trinajstić information content (AvgIpc) is 3.10.